The number of carbonyl (C=O) groups is 1. The van der Waals surface area contributed by atoms with E-state index >= 15 is 0 Å². The quantitative estimate of drug-likeness (QED) is 0.690. The third kappa shape index (κ3) is 5.57. The summed E-state index contributed by atoms with van der Waals surface area (Å²) < 4.78 is 28.1. The smallest absolute Gasteiger partial charge is 0.335 e. The van der Waals surface area contributed by atoms with E-state index in [1.54, 1.807) is 0 Å². The fraction of sp³-hybridized carbons (Fsp3) is 0.316. The van der Waals surface area contributed by atoms with Crippen molar-refractivity contribution in [3.8, 4) is 0 Å². The molecule has 0 bridgehead atoms. The highest BCUT2D eigenvalue weighted by atomic mass is 32.2. The van der Waals surface area contributed by atoms with Crippen molar-refractivity contribution in [2.45, 2.75) is 37.6 Å². The van der Waals surface area contributed by atoms with Gasteiger partial charge in [0.2, 0.25) is 10.0 Å². The maximum atomic E-state index is 12.8. The van der Waals surface area contributed by atoms with Gasteiger partial charge in [0.05, 0.1) is 11.3 Å². The first-order valence-electron chi connectivity index (χ1n) is 8.28. The number of anilines is 1. The third-order valence-corrected chi connectivity index (χ3v) is 5.08. The molecule has 140 valence electrons. The maximum absolute atomic E-state index is 12.8. The molecule has 0 amide bonds. The Hall–Kier alpha value is -2.38. The van der Waals surface area contributed by atoms with Gasteiger partial charge in [0.1, 0.15) is 4.90 Å². The number of carboxylic acid groups (broad SMARTS) is 1. The highest BCUT2D eigenvalue weighted by Crippen LogP contribution is 2.26. The Labute approximate surface area is 154 Å². The second kappa shape index (κ2) is 7.88. The molecule has 0 aliphatic carbocycles. The molecule has 0 atom stereocenters. The molecule has 0 spiro atoms. The van der Waals surface area contributed by atoms with Crippen molar-refractivity contribution in [1.82, 2.24) is 4.72 Å². The van der Waals surface area contributed by atoms with Crippen molar-refractivity contribution in [3.05, 3.63) is 59.7 Å². The molecule has 0 aliphatic rings. The monoisotopic (exact) mass is 376 g/mol. The van der Waals surface area contributed by atoms with E-state index in [0.717, 1.165) is 5.56 Å². The van der Waals surface area contributed by atoms with Crippen LogP contribution in [-0.2, 0) is 16.4 Å². The molecule has 2 aromatic rings. The molecule has 0 radical (unpaired) electrons. The minimum absolute atomic E-state index is 0.0691. The van der Waals surface area contributed by atoms with Gasteiger partial charge in [-0.1, -0.05) is 30.3 Å². The summed E-state index contributed by atoms with van der Waals surface area (Å²) in [6.07, 6.45) is 0.542. The van der Waals surface area contributed by atoms with Crippen LogP contribution in [0.15, 0.2) is 53.4 Å². The van der Waals surface area contributed by atoms with Crippen LogP contribution in [0.2, 0.25) is 0 Å². The van der Waals surface area contributed by atoms with E-state index in [1.165, 1.54) is 18.2 Å². The number of benzene rings is 2. The highest BCUT2D eigenvalue weighted by molar-refractivity contribution is 7.89. The predicted octanol–water partition coefficient (Wildman–Crippen LogP) is 3.12. The molecular weight excluding hydrogens is 352 g/mol. The number of rotatable bonds is 7. The van der Waals surface area contributed by atoms with Crippen LogP contribution in [-0.4, -0.2) is 31.6 Å². The van der Waals surface area contributed by atoms with E-state index in [2.05, 4.69) is 10.0 Å². The van der Waals surface area contributed by atoms with Gasteiger partial charge in [0.15, 0.2) is 0 Å². The van der Waals surface area contributed by atoms with Crippen molar-refractivity contribution >= 4 is 21.7 Å². The number of sulfonamides is 1. The molecule has 0 unspecified atom stereocenters. The van der Waals surface area contributed by atoms with Crippen LogP contribution in [0.4, 0.5) is 5.69 Å². The molecule has 6 nitrogen and oxygen atoms in total. The van der Waals surface area contributed by atoms with Crippen LogP contribution < -0.4 is 10.0 Å². The Morgan fingerprint density at radius 2 is 1.73 bits per heavy atom. The molecule has 26 heavy (non-hydrogen) atoms. The molecule has 3 N–H and O–H groups in total. The molecule has 2 aromatic carbocycles. The van der Waals surface area contributed by atoms with Gasteiger partial charge in [-0.05, 0) is 51.0 Å². The molecular formula is C19H24N2O4S. The summed E-state index contributed by atoms with van der Waals surface area (Å²) in [6.45, 7) is 5.92. The Bertz CT molecular complexity index is 872. The van der Waals surface area contributed by atoms with E-state index < -0.39 is 16.0 Å². The largest absolute Gasteiger partial charge is 0.478 e. The average Bonchev–Trinajstić information content (AvgIpc) is 2.54. The van der Waals surface area contributed by atoms with E-state index in [0.29, 0.717) is 12.1 Å². The van der Waals surface area contributed by atoms with Crippen LogP contribution in [0.3, 0.4) is 0 Å². The Balaban J connectivity index is 2.27. The Kier molecular flexibility index (Phi) is 6.05. The van der Waals surface area contributed by atoms with Gasteiger partial charge in [0.25, 0.3) is 0 Å². The van der Waals surface area contributed by atoms with Crippen molar-refractivity contribution in [2.24, 2.45) is 0 Å². The SMILES string of the molecule is CC(C)(C)Nc1ccc(C(=O)O)cc1S(=O)(=O)NCCc1ccccc1. The first-order chi connectivity index (χ1) is 12.1. The lowest BCUT2D eigenvalue weighted by atomic mass is 10.1. The molecule has 0 saturated carbocycles. The summed E-state index contributed by atoms with van der Waals surface area (Å²) in [4.78, 5) is 11.2. The summed E-state index contributed by atoms with van der Waals surface area (Å²) in [6, 6.07) is 13.6. The molecule has 0 aromatic heterocycles. The lowest BCUT2D eigenvalue weighted by molar-refractivity contribution is 0.0696. The second-order valence-electron chi connectivity index (χ2n) is 7.02. The van der Waals surface area contributed by atoms with Crippen LogP contribution in [0, 0.1) is 0 Å². The molecule has 2 rings (SSSR count). The molecule has 0 saturated heterocycles. The van der Waals surface area contributed by atoms with E-state index in [4.69, 9.17) is 0 Å². The van der Waals surface area contributed by atoms with E-state index in [-0.39, 0.29) is 22.5 Å². The molecule has 0 fully saturated rings. The maximum Gasteiger partial charge on any atom is 0.335 e. The van der Waals surface area contributed by atoms with Gasteiger partial charge in [-0.25, -0.2) is 17.9 Å². The predicted molar refractivity (Wildman–Crippen MR) is 102 cm³/mol. The van der Waals surface area contributed by atoms with Gasteiger partial charge in [-0.3, -0.25) is 0 Å². The minimum atomic E-state index is -3.87. The van der Waals surface area contributed by atoms with Gasteiger partial charge in [-0.2, -0.15) is 0 Å². The van der Waals surface area contributed by atoms with E-state index in [1.807, 2.05) is 51.1 Å². The molecule has 7 heteroatoms. The van der Waals surface area contributed by atoms with Crippen molar-refractivity contribution < 1.29 is 18.3 Å². The van der Waals surface area contributed by atoms with Crippen LogP contribution in [0.25, 0.3) is 0 Å². The number of hydrogen-bond acceptors (Lipinski definition) is 4. The summed E-state index contributed by atoms with van der Waals surface area (Å²) in [5, 5.41) is 12.3. The zero-order valence-corrected chi connectivity index (χ0v) is 15.9. The first-order valence-corrected chi connectivity index (χ1v) is 9.76. The lowest BCUT2D eigenvalue weighted by Gasteiger charge is -2.24. The third-order valence-electron chi connectivity index (χ3n) is 3.58. The average molecular weight is 376 g/mol. The van der Waals surface area contributed by atoms with Crippen molar-refractivity contribution in [1.29, 1.82) is 0 Å². The van der Waals surface area contributed by atoms with Crippen molar-refractivity contribution in [2.75, 3.05) is 11.9 Å². The Morgan fingerprint density at radius 3 is 2.31 bits per heavy atom. The van der Waals surface area contributed by atoms with Gasteiger partial charge >= 0.3 is 5.97 Å². The molecule has 0 heterocycles. The topological polar surface area (TPSA) is 95.5 Å². The van der Waals surface area contributed by atoms with Gasteiger partial charge in [-0.15, -0.1) is 0 Å². The zero-order valence-electron chi connectivity index (χ0n) is 15.1. The standard InChI is InChI=1S/C19H24N2O4S/c1-19(2,3)21-16-10-9-15(18(22)23)13-17(16)26(24,25)20-12-11-14-7-5-4-6-8-14/h4-10,13,20-21H,11-12H2,1-3H3,(H,22,23). The summed E-state index contributed by atoms with van der Waals surface area (Å²) in [7, 11) is -3.87. The number of nitrogens with one attached hydrogen (secondary N) is 2. The van der Waals surface area contributed by atoms with Gasteiger partial charge in [0, 0.05) is 12.1 Å². The summed E-state index contributed by atoms with van der Waals surface area (Å²) in [5.74, 6) is -1.17. The van der Waals surface area contributed by atoms with Crippen LogP contribution >= 0.6 is 0 Å². The van der Waals surface area contributed by atoms with Gasteiger partial charge < -0.3 is 10.4 Å². The van der Waals surface area contributed by atoms with E-state index in [9.17, 15) is 18.3 Å². The molecule has 0 aliphatic heterocycles. The minimum Gasteiger partial charge on any atom is -0.478 e. The lowest BCUT2D eigenvalue weighted by Crippen LogP contribution is -2.30. The summed E-state index contributed by atoms with van der Waals surface area (Å²) in [5.41, 5.74) is 0.934. The number of carboxylic acids is 1. The normalized spacial score (nSPS) is 12.0. The first kappa shape index (κ1) is 19.9. The fourth-order valence-electron chi connectivity index (χ4n) is 2.44. The summed E-state index contributed by atoms with van der Waals surface area (Å²) >= 11 is 0. The Morgan fingerprint density at radius 1 is 1.08 bits per heavy atom. The fourth-order valence-corrected chi connectivity index (χ4v) is 3.65. The van der Waals surface area contributed by atoms with Crippen molar-refractivity contribution in [3.63, 3.8) is 0 Å². The van der Waals surface area contributed by atoms with Crippen LogP contribution in [0.1, 0.15) is 36.7 Å². The van der Waals surface area contributed by atoms with Crippen LogP contribution in [0.5, 0.6) is 0 Å². The highest BCUT2D eigenvalue weighted by Gasteiger charge is 2.23. The number of hydrogen-bond donors (Lipinski definition) is 3. The number of aromatic carboxylic acids is 1. The zero-order chi connectivity index (χ0) is 19.4. The second-order valence-corrected chi connectivity index (χ2v) is 8.76.